The summed E-state index contributed by atoms with van der Waals surface area (Å²) in [4.78, 5) is 13.6. The third-order valence-electron chi connectivity index (χ3n) is 0.469. The molecule has 6 heteroatoms. The van der Waals surface area contributed by atoms with Crippen molar-refractivity contribution in [1.82, 2.24) is 0 Å². The third kappa shape index (κ3) is 6.62. The minimum Gasteiger partial charge on any atom is -0.271 e. The van der Waals surface area contributed by atoms with Crippen LogP contribution in [0.3, 0.4) is 0 Å². The van der Waals surface area contributed by atoms with Gasteiger partial charge in [0.1, 0.15) is 5.88 Å². The predicted octanol–water partition coefficient (Wildman–Crippen LogP) is 2.19. The Balaban J connectivity index is 3.88. The summed E-state index contributed by atoms with van der Waals surface area (Å²) in [6, 6.07) is 0. The van der Waals surface area contributed by atoms with Crippen molar-refractivity contribution in [2.24, 2.45) is 4.99 Å². The van der Waals surface area contributed by atoms with E-state index in [9.17, 15) is 4.79 Å². The average Bonchev–Trinajstić information content (AvgIpc) is 1.81. The first-order valence-electron chi connectivity index (χ1n) is 2.16. The second-order valence-corrected chi connectivity index (χ2v) is 3.96. The van der Waals surface area contributed by atoms with Crippen molar-refractivity contribution in [3.8, 4) is 0 Å². The van der Waals surface area contributed by atoms with E-state index in [4.69, 9.17) is 46.4 Å². The maximum atomic E-state index is 10.4. The van der Waals surface area contributed by atoms with Gasteiger partial charge in [0.2, 0.25) is 3.79 Å². The standard InChI is InChI=1S/C4H3Cl4NO/c5-1-3(10)9-2-4(6,7)8/h2H,1H2. The molecule has 10 heavy (non-hydrogen) atoms. The molecule has 0 atom stereocenters. The van der Waals surface area contributed by atoms with Crippen LogP contribution in [0, 0.1) is 0 Å². The summed E-state index contributed by atoms with van der Waals surface area (Å²) in [6.45, 7) is 0. The van der Waals surface area contributed by atoms with Gasteiger partial charge in [-0.05, 0) is 0 Å². The molecule has 1 amide bonds. The number of hydrogen-bond donors (Lipinski definition) is 0. The Bertz CT molecular complexity index is 150. The van der Waals surface area contributed by atoms with Crippen LogP contribution in [0.5, 0.6) is 0 Å². The predicted molar refractivity (Wildman–Crippen MR) is 44.5 cm³/mol. The monoisotopic (exact) mass is 221 g/mol. The Morgan fingerprint density at radius 2 is 2.00 bits per heavy atom. The number of hydrogen-bond acceptors (Lipinski definition) is 1. The normalized spacial score (nSPS) is 12.4. The molecule has 0 saturated heterocycles. The van der Waals surface area contributed by atoms with Gasteiger partial charge in [-0.1, -0.05) is 34.8 Å². The fourth-order valence-electron chi connectivity index (χ4n) is 0.180. The zero-order valence-corrected chi connectivity index (χ0v) is 7.68. The first-order valence-corrected chi connectivity index (χ1v) is 3.83. The van der Waals surface area contributed by atoms with Crippen LogP contribution < -0.4 is 0 Å². The van der Waals surface area contributed by atoms with Crippen LogP contribution in [0.1, 0.15) is 0 Å². The zero-order chi connectivity index (χ0) is 8.20. The number of carbonyl (C=O) groups is 1. The minimum atomic E-state index is -1.62. The number of amides is 1. The lowest BCUT2D eigenvalue weighted by Crippen LogP contribution is -2.06. The summed E-state index contributed by atoms with van der Waals surface area (Å²) in [5.41, 5.74) is 0. The lowest BCUT2D eigenvalue weighted by atomic mass is 10.7. The van der Waals surface area contributed by atoms with Crippen molar-refractivity contribution in [3.63, 3.8) is 0 Å². The maximum Gasteiger partial charge on any atom is 0.260 e. The van der Waals surface area contributed by atoms with Crippen molar-refractivity contribution in [2.45, 2.75) is 3.79 Å². The number of rotatable bonds is 1. The van der Waals surface area contributed by atoms with Gasteiger partial charge < -0.3 is 0 Å². The van der Waals surface area contributed by atoms with E-state index in [1.165, 1.54) is 0 Å². The molecule has 0 rings (SSSR count). The quantitative estimate of drug-likeness (QED) is 0.494. The Kier molecular flexibility index (Phi) is 4.61. The lowest BCUT2D eigenvalue weighted by molar-refractivity contribution is -0.115. The fourth-order valence-corrected chi connectivity index (χ4v) is 0.395. The topological polar surface area (TPSA) is 29.4 Å². The average molecular weight is 223 g/mol. The highest BCUT2D eigenvalue weighted by atomic mass is 35.6. The van der Waals surface area contributed by atoms with Gasteiger partial charge in [-0.3, -0.25) is 4.79 Å². The SMILES string of the molecule is O=C(CCl)N=CC(Cl)(Cl)Cl. The molecular weight excluding hydrogens is 220 g/mol. The molecule has 0 aliphatic heterocycles. The maximum absolute atomic E-state index is 10.4. The number of carbonyl (C=O) groups excluding carboxylic acids is 1. The molecule has 58 valence electrons. The van der Waals surface area contributed by atoms with Gasteiger partial charge in [-0.2, -0.15) is 0 Å². The van der Waals surface area contributed by atoms with E-state index in [0.29, 0.717) is 0 Å². The first kappa shape index (κ1) is 10.5. The van der Waals surface area contributed by atoms with Gasteiger partial charge in [0.25, 0.3) is 5.91 Å². The fraction of sp³-hybridized carbons (Fsp3) is 0.500. The number of aliphatic imine (C=N–C) groups is 1. The minimum absolute atomic E-state index is 0.211. The van der Waals surface area contributed by atoms with Crippen LogP contribution in [0.2, 0.25) is 0 Å². The van der Waals surface area contributed by atoms with Crippen molar-refractivity contribution in [3.05, 3.63) is 0 Å². The molecule has 0 fully saturated rings. The summed E-state index contributed by atoms with van der Waals surface area (Å²) in [6.07, 6.45) is 0.905. The Hall–Kier alpha value is 0.500. The van der Waals surface area contributed by atoms with Crippen molar-refractivity contribution in [1.29, 1.82) is 0 Å². The lowest BCUT2D eigenvalue weighted by Gasteiger charge is -1.99. The molecule has 0 spiro atoms. The van der Waals surface area contributed by atoms with Crippen molar-refractivity contribution >= 4 is 58.5 Å². The van der Waals surface area contributed by atoms with Crippen LogP contribution in [-0.2, 0) is 4.79 Å². The van der Waals surface area contributed by atoms with Crippen molar-refractivity contribution in [2.75, 3.05) is 5.88 Å². The summed E-state index contributed by atoms with van der Waals surface area (Å²) in [5.74, 6) is -0.745. The highest BCUT2D eigenvalue weighted by Gasteiger charge is 2.15. The highest BCUT2D eigenvalue weighted by molar-refractivity contribution is 6.74. The van der Waals surface area contributed by atoms with Gasteiger partial charge in [-0.25, -0.2) is 4.99 Å². The second-order valence-electron chi connectivity index (χ2n) is 1.33. The van der Waals surface area contributed by atoms with Crippen LogP contribution in [0.4, 0.5) is 0 Å². The Morgan fingerprint density at radius 3 is 2.30 bits per heavy atom. The van der Waals surface area contributed by atoms with Crippen molar-refractivity contribution < 1.29 is 4.79 Å². The van der Waals surface area contributed by atoms with E-state index in [0.717, 1.165) is 6.21 Å². The highest BCUT2D eigenvalue weighted by Crippen LogP contribution is 2.22. The van der Waals surface area contributed by atoms with E-state index in [1.807, 2.05) is 0 Å². The summed E-state index contributed by atoms with van der Waals surface area (Å²) in [5, 5.41) is 0. The zero-order valence-electron chi connectivity index (χ0n) is 4.65. The van der Waals surface area contributed by atoms with E-state index in [-0.39, 0.29) is 5.88 Å². The molecule has 0 saturated carbocycles. The number of alkyl halides is 4. The van der Waals surface area contributed by atoms with E-state index in [1.54, 1.807) is 0 Å². The van der Waals surface area contributed by atoms with E-state index >= 15 is 0 Å². The molecule has 0 aliphatic carbocycles. The summed E-state index contributed by atoms with van der Waals surface area (Å²) in [7, 11) is 0. The molecule has 0 radical (unpaired) electrons. The number of halogens is 4. The first-order chi connectivity index (χ1) is 4.45. The molecule has 0 heterocycles. The van der Waals surface area contributed by atoms with Gasteiger partial charge in [0.15, 0.2) is 0 Å². The number of nitrogens with zero attached hydrogens (tertiary/aromatic N) is 1. The largest absolute Gasteiger partial charge is 0.271 e. The Morgan fingerprint density at radius 1 is 1.50 bits per heavy atom. The molecular formula is C4H3Cl4NO. The molecule has 0 unspecified atom stereocenters. The van der Waals surface area contributed by atoms with Crippen LogP contribution in [-0.4, -0.2) is 21.8 Å². The molecule has 0 aromatic heterocycles. The molecule has 0 aromatic carbocycles. The summed E-state index contributed by atoms with van der Waals surface area (Å²) < 4.78 is -1.62. The van der Waals surface area contributed by atoms with Crippen LogP contribution in [0.15, 0.2) is 4.99 Å². The smallest absolute Gasteiger partial charge is 0.260 e. The van der Waals surface area contributed by atoms with E-state index in [2.05, 4.69) is 4.99 Å². The molecule has 2 nitrogen and oxygen atoms in total. The third-order valence-corrected chi connectivity index (χ3v) is 0.991. The van der Waals surface area contributed by atoms with E-state index < -0.39 is 9.70 Å². The Labute approximate surface area is 78.1 Å². The van der Waals surface area contributed by atoms with Gasteiger partial charge in [0, 0.05) is 0 Å². The molecule has 0 N–H and O–H groups in total. The van der Waals surface area contributed by atoms with Crippen LogP contribution in [0.25, 0.3) is 0 Å². The molecule has 0 bridgehead atoms. The molecule has 0 aliphatic rings. The second kappa shape index (κ2) is 4.39. The van der Waals surface area contributed by atoms with Gasteiger partial charge in [-0.15, -0.1) is 11.6 Å². The molecule has 0 aromatic rings. The van der Waals surface area contributed by atoms with Gasteiger partial charge >= 0.3 is 0 Å². The van der Waals surface area contributed by atoms with Gasteiger partial charge in [0.05, 0.1) is 6.21 Å². The summed E-state index contributed by atoms with van der Waals surface area (Å²) >= 11 is 20.7. The van der Waals surface area contributed by atoms with Crippen LogP contribution >= 0.6 is 46.4 Å².